The van der Waals surface area contributed by atoms with Crippen LogP contribution in [0.3, 0.4) is 0 Å². The van der Waals surface area contributed by atoms with Gasteiger partial charge in [0.1, 0.15) is 0 Å². The maximum absolute atomic E-state index is 12.6. The number of aryl methyl sites for hydroxylation is 1. The van der Waals surface area contributed by atoms with E-state index in [1.165, 1.54) is 29.0 Å². The Kier molecular flexibility index (Phi) is 7.28. The van der Waals surface area contributed by atoms with Gasteiger partial charge in [-0.25, -0.2) is 0 Å². The Morgan fingerprint density at radius 2 is 1.90 bits per heavy atom. The van der Waals surface area contributed by atoms with Crippen LogP contribution < -0.4 is 9.64 Å². The van der Waals surface area contributed by atoms with Crippen LogP contribution in [0.4, 0.5) is 11.4 Å². The first-order valence-corrected chi connectivity index (χ1v) is 10.6. The summed E-state index contributed by atoms with van der Waals surface area (Å²) >= 11 is 0. The molecule has 0 atom stereocenters. The predicted molar refractivity (Wildman–Crippen MR) is 123 cm³/mol. The zero-order chi connectivity index (χ0) is 22.4. The minimum Gasteiger partial charge on any atom is -0.487 e. The van der Waals surface area contributed by atoms with E-state index >= 15 is 0 Å². The monoisotopic (exact) mass is 423 g/mol. The molecule has 0 bridgehead atoms. The molecule has 0 spiro atoms. The highest BCUT2D eigenvalue weighted by Crippen LogP contribution is 2.29. The predicted octanol–water partition coefficient (Wildman–Crippen LogP) is 4.36. The van der Waals surface area contributed by atoms with Crippen molar-refractivity contribution in [1.29, 1.82) is 0 Å². The number of carbonyl (C=O) groups excluding carboxylic acids is 1. The molecule has 1 aliphatic heterocycles. The maximum atomic E-state index is 12.6. The molecule has 0 saturated carbocycles. The second-order valence-electron chi connectivity index (χ2n) is 7.70. The van der Waals surface area contributed by atoms with Crippen LogP contribution in [0.2, 0.25) is 0 Å². The Morgan fingerprint density at radius 3 is 2.58 bits per heavy atom. The Bertz CT molecular complexity index is 979. The van der Waals surface area contributed by atoms with Gasteiger partial charge in [0, 0.05) is 44.0 Å². The number of benzene rings is 2. The molecule has 0 aliphatic carbocycles. The van der Waals surface area contributed by atoms with E-state index in [0.29, 0.717) is 25.3 Å². The SMILES string of the molecule is CCCOc1ccc(/C=C/C(=O)N2CCN(c3cccc(C)c3C)CC2)cc1[N+](=O)[O-]. The zero-order valence-electron chi connectivity index (χ0n) is 18.3. The molecular formula is C24H29N3O4. The first kappa shape index (κ1) is 22.3. The molecule has 0 unspecified atom stereocenters. The number of amides is 1. The number of rotatable bonds is 7. The molecule has 7 nitrogen and oxygen atoms in total. The largest absolute Gasteiger partial charge is 0.487 e. The molecule has 7 heteroatoms. The van der Waals surface area contributed by atoms with Gasteiger partial charge in [0.05, 0.1) is 11.5 Å². The molecule has 1 saturated heterocycles. The Hall–Kier alpha value is -3.35. The van der Waals surface area contributed by atoms with Crippen LogP contribution in [0, 0.1) is 24.0 Å². The molecular weight excluding hydrogens is 394 g/mol. The van der Waals surface area contributed by atoms with Crippen molar-refractivity contribution in [2.24, 2.45) is 0 Å². The van der Waals surface area contributed by atoms with Gasteiger partial charge in [-0.15, -0.1) is 0 Å². The van der Waals surface area contributed by atoms with Gasteiger partial charge in [-0.05, 0) is 55.2 Å². The Morgan fingerprint density at radius 1 is 1.16 bits per heavy atom. The molecule has 3 rings (SSSR count). The maximum Gasteiger partial charge on any atom is 0.311 e. The highest BCUT2D eigenvalue weighted by molar-refractivity contribution is 5.92. The average molecular weight is 424 g/mol. The number of nitrogens with zero attached hydrogens (tertiary/aromatic N) is 3. The van der Waals surface area contributed by atoms with E-state index < -0.39 is 4.92 Å². The zero-order valence-corrected chi connectivity index (χ0v) is 18.3. The summed E-state index contributed by atoms with van der Waals surface area (Å²) in [6, 6.07) is 11.0. The first-order chi connectivity index (χ1) is 14.9. The number of hydrogen-bond acceptors (Lipinski definition) is 5. The number of ether oxygens (including phenoxy) is 1. The van der Waals surface area contributed by atoms with E-state index in [-0.39, 0.29) is 17.3 Å². The highest BCUT2D eigenvalue weighted by atomic mass is 16.6. The van der Waals surface area contributed by atoms with Crippen molar-refractivity contribution >= 4 is 23.4 Å². The first-order valence-electron chi connectivity index (χ1n) is 10.6. The van der Waals surface area contributed by atoms with Crippen LogP contribution in [0.5, 0.6) is 5.75 Å². The fourth-order valence-corrected chi connectivity index (χ4v) is 3.63. The number of nitro groups is 1. The van der Waals surface area contributed by atoms with Crippen LogP contribution in [-0.2, 0) is 4.79 Å². The summed E-state index contributed by atoms with van der Waals surface area (Å²) in [5.41, 5.74) is 4.26. The van der Waals surface area contributed by atoms with Crippen molar-refractivity contribution in [3.8, 4) is 5.75 Å². The molecule has 2 aromatic rings. The standard InChI is InChI=1S/C24H29N3O4/c1-4-16-31-23-10-8-20(17-22(23)27(29)30)9-11-24(28)26-14-12-25(13-15-26)21-7-5-6-18(2)19(21)3/h5-11,17H,4,12-16H2,1-3H3/b11-9+. The minimum atomic E-state index is -0.462. The molecule has 2 aromatic carbocycles. The Labute approximate surface area is 183 Å². The number of piperazine rings is 1. The third-order valence-electron chi connectivity index (χ3n) is 5.57. The fraction of sp³-hybridized carbons (Fsp3) is 0.375. The van der Waals surface area contributed by atoms with E-state index in [9.17, 15) is 14.9 Å². The van der Waals surface area contributed by atoms with Crippen molar-refractivity contribution < 1.29 is 14.5 Å². The van der Waals surface area contributed by atoms with Gasteiger partial charge in [0.2, 0.25) is 5.91 Å². The number of hydrogen-bond donors (Lipinski definition) is 0. The van der Waals surface area contributed by atoms with Crippen molar-refractivity contribution in [2.45, 2.75) is 27.2 Å². The third kappa shape index (κ3) is 5.42. The van der Waals surface area contributed by atoms with Gasteiger partial charge in [-0.3, -0.25) is 14.9 Å². The van der Waals surface area contributed by atoms with E-state index in [4.69, 9.17) is 4.74 Å². The smallest absolute Gasteiger partial charge is 0.311 e. The lowest BCUT2D eigenvalue weighted by Crippen LogP contribution is -2.48. The van der Waals surface area contributed by atoms with Crippen LogP contribution in [0.25, 0.3) is 6.08 Å². The summed E-state index contributed by atoms with van der Waals surface area (Å²) in [7, 11) is 0. The lowest BCUT2D eigenvalue weighted by molar-refractivity contribution is -0.385. The van der Waals surface area contributed by atoms with E-state index in [0.717, 1.165) is 19.5 Å². The molecule has 1 amide bonds. The normalized spacial score (nSPS) is 14.2. The Balaban J connectivity index is 1.62. The molecule has 0 aromatic heterocycles. The van der Waals surface area contributed by atoms with Gasteiger partial charge in [-0.2, -0.15) is 0 Å². The summed E-state index contributed by atoms with van der Waals surface area (Å²) < 4.78 is 5.44. The summed E-state index contributed by atoms with van der Waals surface area (Å²) in [5.74, 6) is 0.160. The molecule has 31 heavy (non-hydrogen) atoms. The van der Waals surface area contributed by atoms with E-state index in [2.05, 4.69) is 36.9 Å². The second-order valence-corrected chi connectivity index (χ2v) is 7.70. The summed E-state index contributed by atoms with van der Waals surface area (Å²) in [6.07, 6.45) is 3.87. The number of carbonyl (C=O) groups is 1. The van der Waals surface area contributed by atoms with E-state index in [1.54, 1.807) is 18.2 Å². The average Bonchev–Trinajstić information content (AvgIpc) is 2.78. The second kappa shape index (κ2) is 10.1. The molecule has 0 radical (unpaired) electrons. The van der Waals surface area contributed by atoms with Gasteiger partial charge in [0.15, 0.2) is 5.75 Å². The molecule has 1 heterocycles. The lowest BCUT2D eigenvalue weighted by atomic mass is 10.1. The van der Waals surface area contributed by atoms with Gasteiger partial charge < -0.3 is 14.5 Å². The van der Waals surface area contributed by atoms with Crippen molar-refractivity contribution in [3.63, 3.8) is 0 Å². The summed E-state index contributed by atoms with van der Waals surface area (Å²) in [6.45, 7) is 9.43. The van der Waals surface area contributed by atoms with Gasteiger partial charge in [0.25, 0.3) is 0 Å². The molecule has 0 N–H and O–H groups in total. The van der Waals surface area contributed by atoms with E-state index in [1.807, 2.05) is 11.8 Å². The topological polar surface area (TPSA) is 75.9 Å². The molecule has 1 fully saturated rings. The van der Waals surface area contributed by atoms with Crippen LogP contribution >= 0.6 is 0 Å². The number of nitro benzene ring substituents is 1. The quantitative estimate of drug-likeness (QED) is 0.376. The lowest BCUT2D eigenvalue weighted by Gasteiger charge is -2.36. The minimum absolute atomic E-state index is 0.0884. The van der Waals surface area contributed by atoms with Crippen LogP contribution in [0.1, 0.15) is 30.0 Å². The van der Waals surface area contributed by atoms with Gasteiger partial charge >= 0.3 is 5.69 Å². The molecule has 164 valence electrons. The van der Waals surface area contributed by atoms with Gasteiger partial charge in [-0.1, -0.05) is 25.1 Å². The van der Waals surface area contributed by atoms with Crippen molar-refractivity contribution in [3.05, 3.63) is 69.3 Å². The summed E-state index contributed by atoms with van der Waals surface area (Å²) in [5, 5.41) is 11.3. The van der Waals surface area contributed by atoms with Crippen LogP contribution in [-0.4, -0.2) is 48.5 Å². The third-order valence-corrected chi connectivity index (χ3v) is 5.57. The summed E-state index contributed by atoms with van der Waals surface area (Å²) in [4.78, 5) is 27.6. The molecule has 1 aliphatic rings. The highest BCUT2D eigenvalue weighted by Gasteiger charge is 2.21. The number of anilines is 1. The fourth-order valence-electron chi connectivity index (χ4n) is 3.63. The van der Waals surface area contributed by atoms with Crippen LogP contribution in [0.15, 0.2) is 42.5 Å². The van der Waals surface area contributed by atoms with Crippen molar-refractivity contribution in [2.75, 3.05) is 37.7 Å². The van der Waals surface area contributed by atoms with Crippen molar-refractivity contribution in [1.82, 2.24) is 4.90 Å².